The predicted molar refractivity (Wildman–Crippen MR) is 149 cm³/mol. The zero-order valence-electron chi connectivity index (χ0n) is 22.5. The molecule has 4 aromatic rings. The number of ether oxygens (including phenoxy) is 1. The molecule has 0 aliphatic carbocycles. The normalized spacial score (nSPS) is 20.4. The van der Waals surface area contributed by atoms with Gasteiger partial charge in [0.15, 0.2) is 11.5 Å². The van der Waals surface area contributed by atoms with Crippen LogP contribution in [0.1, 0.15) is 37.4 Å². The molecule has 2 aliphatic rings. The lowest BCUT2D eigenvalue weighted by atomic mass is 10.1. The van der Waals surface area contributed by atoms with E-state index in [0.29, 0.717) is 43.7 Å². The van der Waals surface area contributed by atoms with Crippen molar-refractivity contribution in [2.45, 2.75) is 44.7 Å². The van der Waals surface area contributed by atoms with Crippen LogP contribution in [0.25, 0.3) is 16.6 Å². The number of likely N-dealkylation sites (N-methyl/N-ethyl adjacent to an activating group) is 1. The molecule has 2 fully saturated rings. The van der Waals surface area contributed by atoms with E-state index in [1.54, 1.807) is 0 Å². The Bertz CT molecular complexity index is 1520. The second-order valence-electron chi connectivity index (χ2n) is 10.4. The molecule has 202 valence electrons. The van der Waals surface area contributed by atoms with Gasteiger partial charge in [0.25, 0.3) is 0 Å². The van der Waals surface area contributed by atoms with Crippen molar-refractivity contribution in [1.82, 2.24) is 39.6 Å². The third kappa shape index (κ3) is 5.00. The number of allylic oxidation sites excluding steroid dienone is 1. The van der Waals surface area contributed by atoms with Crippen LogP contribution in [-0.2, 0) is 6.42 Å². The van der Waals surface area contributed by atoms with Crippen LogP contribution in [0.3, 0.4) is 0 Å². The third-order valence-electron chi connectivity index (χ3n) is 7.91. The van der Waals surface area contributed by atoms with Crippen LogP contribution in [-0.4, -0.2) is 91.5 Å². The van der Waals surface area contributed by atoms with Gasteiger partial charge in [0.2, 0.25) is 0 Å². The molecule has 2 aliphatic heterocycles. The Morgan fingerprint density at radius 2 is 2.13 bits per heavy atom. The highest BCUT2D eigenvalue weighted by atomic mass is 16.5. The highest BCUT2D eigenvalue weighted by Gasteiger charge is 2.29. The number of hydrogen-bond acceptors (Lipinski definition) is 9. The second kappa shape index (κ2) is 10.9. The number of imidazole rings is 1. The van der Waals surface area contributed by atoms with Gasteiger partial charge >= 0.3 is 6.01 Å². The highest BCUT2D eigenvalue weighted by molar-refractivity contribution is 5.81. The average Bonchev–Trinajstić information content (AvgIpc) is 3.69. The van der Waals surface area contributed by atoms with Crippen LogP contribution in [0.15, 0.2) is 42.9 Å². The Kier molecular flexibility index (Phi) is 7.02. The van der Waals surface area contributed by atoms with Crippen LogP contribution >= 0.6 is 0 Å². The van der Waals surface area contributed by atoms with Gasteiger partial charge in [-0.3, -0.25) is 5.10 Å². The molecule has 1 N–H and O–H groups in total. The summed E-state index contributed by atoms with van der Waals surface area (Å²) in [6.45, 7) is 5.87. The molecule has 2 atom stereocenters. The summed E-state index contributed by atoms with van der Waals surface area (Å²) >= 11 is 0. The molecule has 0 bridgehead atoms. The van der Waals surface area contributed by atoms with Crippen molar-refractivity contribution in [3.05, 3.63) is 54.1 Å². The first kappa shape index (κ1) is 25.1. The van der Waals surface area contributed by atoms with Crippen molar-refractivity contribution < 1.29 is 4.74 Å². The third-order valence-corrected chi connectivity index (χ3v) is 7.91. The van der Waals surface area contributed by atoms with E-state index in [4.69, 9.17) is 19.8 Å². The topological polar surface area (TPSA) is 114 Å². The lowest BCUT2D eigenvalue weighted by Gasteiger charge is -2.40. The number of benzene rings is 1. The highest BCUT2D eigenvalue weighted by Crippen LogP contribution is 2.27. The van der Waals surface area contributed by atoms with Gasteiger partial charge in [0.05, 0.1) is 42.1 Å². The largest absolute Gasteiger partial charge is 0.461 e. The first-order valence-electron chi connectivity index (χ1n) is 13.6. The molecule has 6 rings (SSSR count). The molecule has 0 spiro atoms. The smallest absolute Gasteiger partial charge is 0.336 e. The Morgan fingerprint density at radius 3 is 2.95 bits per heavy atom. The Balaban J connectivity index is 1.36. The van der Waals surface area contributed by atoms with Gasteiger partial charge in [-0.15, -0.1) is 5.10 Å². The van der Waals surface area contributed by atoms with Crippen LogP contribution in [0, 0.1) is 11.3 Å². The minimum atomic E-state index is 0.0691. The second-order valence-corrected chi connectivity index (χ2v) is 10.4. The van der Waals surface area contributed by atoms with Gasteiger partial charge in [0, 0.05) is 37.5 Å². The number of nitriles is 1. The van der Waals surface area contributed by atoms with Gasteiger partial charge in [-0.1, -0.05) is 18.2 Å². The summed E-state index contributed by atoms with van der Waals surface area (Å²) < 4.78 is 8.12. The Morgan fingerprint density at radius 1 is 1.21 bits per heavy atom. The maximum atomic E-state index is 9.48. The molecule has 1 aromatic carbocycles. The van der Waals surface area contributed by atoms with E-state index >= 15 is 0 Å². The SMILES string of the molecule is CC=CN1CCN(c2nc(OC[C@@H]3CCCN3C)nn3c(Cc4cccc5[nH]ncc45)cnc23)C[C@@H]1CC#N. The lowest BCUT2D eigenvalue weighted by Crippen LogP contribution is -2.51. The zero-order valence-corrected chi connectivity index (χ0v) is 22.5. The average molecular weight is 527 g/mol. The summed E-state index contributed by atoms with van der Waals surface area (Å²) in [4.78, 5) is 16.5. The van der Waals surface area contributed by atoms with Gasteiger partial charge < -0.3 is 19.4 Å². The molecule has 11 nitrogen and oxygen atoms in total. The summed E-state index contributed by atoms with van der Waals surface area (Å²) in [7, 11) is 2.14. The van der Waals surface area contributed by atoms with E-state index in [-0.39, 0.29) is 6.04 Å². The summed E-state index contributed by atoms with van der Waals surface area (Å²) in [6.07, 6.45) is 11.2. The number of hydrogen-bond donors (Lipinski definition) is 1. The molecular weight excluding hydrogens is 492 g/mol. The molecular formula is C28H34N10O. The van der Waals surface area contributed by atoms with Crippen LogP contribution < -0.4 is 9.64 Å². The van der Waals surface area contributed by atoms with E-state index < -0.39 is 0 Å². The monoisotopic (exact) mass is 526 g/mol. The van der Waals surface area contributed by atoms with E-state index in [9.17, 15) is 5.26 Å². The number of fused-ring (bicyclic) bond motifs is 2. The summed E-state index contributed by atoms with van der Waals surface area (Å²) in [5, 5.41) is 22.7. The van der Waals surface area contributed by atoms with Crippen molar-refractivity contribution in [2.24, 2.45) is 0 Å². The van der Waals surface area contributed by atoms with Gasteiger partial charge in [-0.2, -0.15) is 15.3 Å². The van der Waals surface area contributed by atoms with Gasteiger partial charge in [0.1, 0.15) is 6.61 Å². The molecule has 0 radical (unpaired) electrons. The van der Waals surface area contributed by atoms with Crippen molar-refractivity contribution in [3.63, 3.8) is 0 Å². The predicted octanol–water partition coefficient (Wildman–Crippen LogP) is 3.00. The molecule has 39 heavy (non-hydrogen) atoms. The fourth-order valence-corrected chi connectivity index (χ4v) is 5.76. The van der Waals surface area contributed by atoms with Crippen molar-refractivity contribution in [2.75, 3.05) is 44.7 Å². The molecule has 0 saturated carbocycles. The summed E-state index contributed by atoms with van der Waals surface area (Å²) in [6, 6.07) is 9.30. The minimum Gasteiger partial charge on any atom is -0.461 e. The molecule has 3 aromatic heterocycles. The molecule has 5 heterocycles. The standard InChI is InChI=1S/C28H34N10O/c1-3-11-36-13-14-37(18-21(36)9-10-29)27-26-30-16-23(15-20-6-4-8-25-24(20)17-31-33-25)38(26)34-28(32-27)39-19-22-7-5-12-35(22)2/h3-4,6,8,11,16-17,21-22H,5,7,9,12-15,18-19H2,1-2H3,(H,31,33)/t21-,22-/m0/s1. The number of piperazine rings is 1. The molecule has 0 unspecified atom stereocenters. The van der Waals surface area contributed by atoms with Crippen molar-refractivity contribution in [3.8, 4) is 12.1 Å². The quantitative estimate of drug-likeness (QED) is 0.370. The van der Waals surface area contributed by atoms with Crippen LogP contribution in [0.2, 0.25) is 0 Å². The maximum absolute atomic E-state index is 9.48. The van der Waals surface area contributed by atoms with E-state index in [0.717, 1.165) is 54.0 Å². The van der Waals surface area contributed by atoms with E-state index in [1.165, 1.54) is 6.42 Å². The lowest BCUT2D eigenvalue weighted by molar-refractivity contribution is 0.185. The number of nitrogens with one attached hydrogen (secondary N) is 1. The van der Waals surface area contributed by atoms with Gasteiger partial charge in [-0.25, -0.2) is 9.50 Å². The van der Waals surface area contributed by atoms with E-state index in [1.807, 2.05) is 42.0 Å². The number of H-pyrrole nitrogens is 1. The fourth-order valence-electron chi connectivity index (χ4n) is 5.76. The van der Waals surface area contributed by atoms with Crippen molar-refractivity contribution in [1.29, 1.82) is 5.26 Å². The van der Waals surface area contributed by atoms with E-state index in [2.05, 4.69) is 50.3 Å². The number of anilines is 1. The summed E-state index contributed by atoms with van der Waals surface area (Å²) in [5.41, 5.74) is 3.80. The first-order chi connectivity index (χ1) is 19.1. The first-order valence-corrected chi connectivity index (χ1v) is 13.6. The Labute approximate surface area is 227 Å². The van der Waals surface area contributed by atoms with Crippen molar-refractivity contribution >= 4 is 22.4 Å². The number of likely N-dealkylation sites (tertiary alicyclic amines) is 1. The summed E-state index contributed by atoms with van der Waals surface area (Å²) in [5.74, 6) is 0.746. The number of rotatable bonds is 8. The molecule has 0 amide bonds. The Hall–Kier alpha value is -4.17. The fraction of sp³-hybridized carbons (Fsp3) is 0.464. The minimum absolute atomic E-state index is 0.0691. The maximum Gasteiger partial charge on any atom is 0.336 e. The number of nitrogens with zero attached hydrogens (tertiary/aromatic N) is 9. The van der Waals surface area contributed by atoms with Gasteiger partial charge in [-0.05, 0) is 51.2 Å². The zero-order chi connectivity index (χ0) is 26.8. The molecule has 11 heteroatoms. The number of aromatic amines is 1. The van der Waals surface area contributed by atoms with Crippen LogP contribution in [0.5, 0.6) is 6.01 Å². The number of aromatic nitrogens is 6. The van der Waals surface area contributed by atoms with Crippen LogP contribution in [0.4, 0.5) is 5.82 Å². The molecule has 2 saturated heterocycles.